The molecule has 1 heterocycles. The Labute approximate surface area is 211 Å². The molecule has 1 unspecified atom stereocenters. The molecule has 0 aliphatic heterocycles. The predicted molar refractivity (Wildman–Crippen MR) is 137 cm³/mol. The number of carbonyl (C=O) groups is 2. The zero-order valence-corrected chi connectivity index (χ0v) is 21.7. The lowest BCUT2D eigenvalue weighted by molar-refractivity contribution is -0.144. The third-order valence-electron chi connectivity index (χ3n) is 5.28. The Morgan fingerprint density at radius 2 is 2.09 bits per heavy atom. The van der Waals surface area contributed by atoms with Crippen LogP contribution >= 0.6 is 11.8 Å². The lowest BCUT2D eigenvalue weighted by Crippen LogP contribution is -2.14. The Morgan fingerprint density at radius 1 is 1.37 bits per heavy atom. The summed E-state index contributed by atoms with van der Waals surface area (Å²) in [6.45, 7) is 9.87. The number of hydrogen-bond donors (Lipinski definition) is 1. The van der Waals surface area contributed by atoms with E-state index in [2.05, 4.69) is 25.4 Å². The van der Waals surface area contributed by atoms with Crippen LogP contribution in [0.5, 0.6) is 0 Å². The largest absolute Gasteiger partial charge is 0.465 e. The van der Waals surface area contributed by atoms with Gasteiger partial charge in [0.05, 0.1) is 36.7 Å². The van der Waals surface area contributed by atoms with Crippen molar-refractivity contribution in [2.45, 2.75) is 57.8 Å². The number of ether oxygens (including phenoxy) is 2. The van der Waals surface area contributed by atoms with E-state index in [-0.39, 0.29) is 35.0 Å². The fourth-order valence-electron chi connectivity index (χ4n) is 2.99. The van der Waals surface area contributed by atoms with Crippen LogP contribution in [-0.2, 0) is 14.3 Å². The molecule has 0 saturated heterocycles. The molecule has 1 aromatic heterocycles. The molecule has 0 bridgehead atoms. The highest BCUT2D eigenvalue weighted by atomic mass is 32.2. The van der Waals surface area contributed by atoms with Gasteiger partial charge in [-0.15, -0.1) is 11.8 Å². The zero-order chi connectivity index (χ0) is 26.4. The molecule has 9 heteroatoms. The second kappa shape index (κ2) is 15.7. The van der Waals surface area contributed by atoms with Crippen LogP contribution in [-0.4, -0.2) is 36.4 Å². The van der Waals surface area contributed by atoms with Crippen LogP contribution in [0.1, 0.15) is 68.9 Å². The van der Waals surface area contributed by atoms with Crippen molar-refractivity contribution in [1.82, 2.24) is 4.98 Å². The van der Waals surface area contributed by atoms with Crippen molar-refractivity contribution in [3.63, 3.8) is 0 Å². The molecule has 0 aromatic carbocycles. The third kappa shape index (κ3) is 9.95. The van der Waals surface area contributed by atoms with Crippen molar-refractivity contribution in [2.24, 2.45) is 5.92 Å². The Morgan fingerprint density at radius 3 is 2.69 bits per heavy atom. The van der Waals surface area contributed by atoms with Crippen molar-refractivity contribution < 1.29 is 23.5 Å². The standard InChI is InChI=1S/C26H34FN3O4S/c1-6-8-9-19(7-2)16-34-23(31)12-13-35-22-14-20(24(26(32)33-5)30-25(22)29)17(3)10-11-21(27)18(4)15-28/h10-11,14,19H,3,6-9,12-13,16H2,1-2,4-5H3,(H2,29,30)/b11-10-,21-18-. The normalized spacial score (nSPS) is 12.6. The maximum atomic E-state index is 13.9. The van der Waals surface area contributed by atoms with Gasteiger partial charge in [0, 0.05) is 11.3 Å². The molecule has 1 rings (SSSR count). The van der Waals surface area contributed by atoms with Gasteiger partial charge in [0.1, 0.15) is 11.6 Å². The summed E-state index contributed by atoms with van der Waals surface area (Å²) in [5.74, 6) is -0.859. The molecule has 0 saturated carbocycles. The summed E-state index contributed by atoms with van der Waals surface area (Å²) in [6.07, 6.45) is 6.85. The molecule has 0 amide bonds. The van der Waals surface area contributed by atoms with Crippen LogP contribution in [0, 0.1) is 17.2 Å². The van der Waals surface area contributed by atoms with Gasteiger partial charge in [-0.2, -0.15) is 5.26 Å². The highest BCUT2D eigenvalue weighted by Crippen LogP contribution is 2.30. The topological polar surface area (TPSA) is 115 Å². The van der Waals surface area contributed by atoms with Gasteiger partial charge >= 0.3 is 11.9 Å². The second-order valence-electron chi connectivity index (χ2n) is 7.90. The number of anilines is 1. The molecule has 1 aromatic rings. The number of nitrogen functional groups attached to an aromatic ring is 1. The van der Waals surface area contributed by atoms with Crippen LogP contribution in [0.2, 0.25) is 0 Å². The minimum absolute atomic E-state index is 0.0671. The van der Waals surface area contributed by atoms with E-state index in [1.165, 1.54) is 31.9 Å². The van der Waals surface area contributed by atoms with Crippen LogP contribution < -0.4 is 5.73 Å². The minimum Gasteiger partial charge on any atom is -0.465 e. The average molecular weight is 504 g/mol. The second-order valence-corrected chi connectivity index (χ2v) is 9.04. The summed E-state index contributed by atoms with van der Waals surface area (Å²) in [7, 11) is 1.21. The minimum atomic E-state index is -0.723. The summed E-state index contributed by atoms with van der Waals surface area (Å²) in [5.41, 5.74) is 6.46. The van der Waals surface area contributed by atoms with E-state index in [9.17, 15) is 14.0 Å². The fourth-order valence-corrected chi connectivity index (χ4v) is 3.87. The Bertz CT molecular complexity index is 1010. The van der Waals surface area contributed by atoms with E-state index in [4.69, 9.17) is 20.5 Å². The van der Waals surface area contributed by atoms with Crippen molar-refractivity contribution in [2.75, 3.05) is 25.2 Å². The van der Waals surface area contributed by atoms with E-state index in [1.54, 1.807) is 12.1 Å². The first-order chi connectivity index (χ1) is 16.7. The highest BCUT2D eigenvalue weighted by Gasteiger charge is 2.19. The van der Waals surface area contributed by atoms with Crippen LogP contribution in [0.15, 0.2) is 41.1 Å². The maximum absolute atomic E-state index is 13.9. The fraction of sp³-hybridized carbons (Fsp3) is 0.462. The lowest BCUT2D eigenvalue weighted by Gasteiger charge is -2.15. The number of aromatic nitrogens is 1. The molecule has 7 nitrogen and oxygen atoms in total. The predicted octanol–water partition coefficient (Wildman–Crippen LogP) is 6.03. The van der Waals surface area contributed by atoms with Gasteiger partial charge in [-0.05, 0) is 37.0 Å². The van der Waals surface area contributed by atoms with E-state index >= 15 is 0 Å². The van der Waals surface area contributed by atoms with Gasteiger partial charge in [-0.3, -0.25) is 4.79 Å². The first-order valence-electron chi connectivity index (χ1n) is 11.5. The van der Waals surface area contributed by atoms with Crippen LogP contribution in [0.3, 0.4) is 0 Å². The number of carbonyl (C=O) groups excluding carboxylic acids is 2. The van der Waals surface area contributed by atoms with E-state index in [0.717, 1.165) is 31.8 Å². The Kier molecular flexibility index (Phi) is 13.4. The van der Waals surface area contributed by atoms with Gasteiger partial charge in [0.2, 0.25) is 0 Å². The summed E-state index contributed by atoms with van der Waals surface area (Å²) >= 11 is 1.29. The molecule has 2 N–H and O–H groups in total. The Hall–Kier alpha value is -3.12. The van der Waals surface area contributed by atoms with Crippen molar-refractivity contribution in [1.29, 1.82) is 5.26 Å². The van der Waals surface area contributed by atoms with Gasteiger partial charge in [0.15, 0.2) is 5.69 Å². The highest BCUT2D eigenvalue weighted by molar-refractivity contribution is 7.99. The number of rotatable bonds is 14. The number of esters is 2. The summed E-state index contributed by atoms with van der Waals surface area (Å²) in [5, 5.41) is 8.81. The number of nitrogens with zero attached hydrogens (tertiary/aromatic N) is 2. The quantitative estimate of drug-likeness (QED) is 0.142. The van der Waals surface area contributed by atoms with Gasteiger partial charge < -0.3 is 15.2 Å². The molecule has 0 aliphatic carbocycles. The number of nitrogens with two attached hydrogens (primary N) is 1. The molecule has 0 fully saturated rings. The molecule has 35 heavy (non-hydrogen) atoms. The molecule has 0 radical (unpaired) electrons. The number of pyridine rings is 1. The molecule has 190 valence electrons. The first-order valence-corrected chi connectivity index (χ1v) is 12.5. The van der Waals surface area contributed by atoms with Crippen LogP contribution in [0.25, 0.3) is 5.57 Å². The maximum Gasteiger partial charge on any atom is 0.357 e. The molecular formula is C26H34FN3O4S. The summed E-state index contributed by atoms with van der Waals surface area (Å²) in [4.78, 5) is 29.1. The summed E-state index contributed by atoms with van der Waals surface area (Å²) in [6, 6.07) is 3.33. The van der Waals surface area contributed by atoms with E-state index in [1.807, 2.05) is 0 Å². The number of halogens is 1. The van der Waals surface area contributed by atoms with Gasteiger partial charge in [-0.25, -0.2) is 14.2 Å². The smallest absolute Gasteiger partial charge is 0.357 e. The van der Waals surface area contributed by atoms with E-state index in [0.29, 0.717) is 28.7 Å². The molecule has 0 aliphatic rings. The first kappa shape index (κ1) is 29.9. The molecule has 0 spiro atoms. The number of hydrogen-bond acceptors (Lipinski definition) is 8. The van der Waals surface area contributed by atoms with Crippen molar-refractivity contribution >= 4 is 35.1 Å². The van der Waals surface area contributed by atoms with Crippen molar-refractivity contribution in [3.05, 3.63) is 47.5 Å². The van der Waals surface area contributed by atoms with E-state index < -0.39 is 11.8 Å². The number of allylic oxidation sites excluding steroid dienone is 5. The van der Waals surface area contributed by atoms with Crippen molar-refractivity contribution in [3.8, 4) is 6.07 Å². The SMILES string of the molecule is C=C(/C=C\C(F)=C(/C)C#N)c1cc(SCCC(=O)OCC(CC)CCCC)c(N)nc1C(=O)OC. The van der Waals surface area contributed by atoms with Crippen LogP contribution in [0.4, 0.5) is 10.2 Å². The number of nitriles is 1. The zero-order valence-electron chi connectivity index (χ0n) is 20.9. The summed E-state index contributed by atoms with van der Waals surface area (Å²) < 4.78 is 24.1. The third-order valence-corrected chi connectivity index (χ3v) is 6.33. The Balaban J connectivity index is 2.94. The monoisotopic (exact) mass is 503 g/mol. The van der Waals surface area contributed by atoms with Gasteiger partial charge in [-0.1, -0.05) is 45.8 Å². The average Bonchev–Trinajstić information content (AvgIpc) is 2.86. The molecular weight excluding hydrogens is 469 g/mol. The molecule has 1 atom stereocenters. The lowest BCUT2D eigenvalue weighted by atomic mass is 10.0. The number of unbranched alkanes of at least 4 members (excludes halogenated alkanes) is 1. The number of methoxy groups -OCH3 is 1. The van der Waals surface area contributed by atoms with Gasteiger partial charge in [0.25, 0.3) is 0 Å². The number of thioether (sulfide) groups is 1.